The van der Waals surface area contributed by atoms with E-state index in [1.807, 2.05) is 37.3 Å². The summed E-state index contributed by atoms with van der Waals surface area (Å²) < 4.78 is 21.1. The number of esters is 1. The number of cyclic esters (lactones) is 1. The number of rotatable bonds is 3. The topological polar surface area (TPSA) is 54.0 Å². The molecule has 1 aromatic rings. The summed E-state index contributed by atoms with van der Waals surface area (Å²) in [7, 11) is 1.55. The first kappa shape index (κ1) is 13.5. The lowest BCUT2D eigenvalue weighted by molar-refractivity contribution is -0.150. The summed E-state index contributed by atoms with van der Waals surface area (Å²) >= 11 is 0. The average Bonchev–Trinajstić information content (AvgIpc) is 2.91. The van der Waals surface area contributed by atoms with Crippen LogP contribution in [0, 0.1) is 0 Å². The summed E-state index contributed by atoms with van der Waals surface area (Å²) in [6.07, 6.45) is 5.63. The van der Waals surface area contributed by atoms with Crippen LogP contribution in [-0.4, -0.2) is 25.5 Å². The second kappa shape index (κ2) is 5.16. The van der Waals surface area contributed by atoms with Gasteiger partial charge in [0, 0.05) is 6.42 Å². The van der Waals surface area contributed by atoms with E-state index in [0.717, 1.165) is 17.1 Å². The Morgan fingerprint density at radius 2 is 2.10 bits per heavy atom. The standard InChI is InChI=1S/C16H16O5/c1-16(9-12(18-2)8-15(17)21-16)6-5-11-3-4-13-14(7-11)20-10-19-13/h3-8H,9-10H2,1-2H3/b6-5+. The Morgan fingerprint density at radius 3 is 2.90 bits per heavy atom. The maximum Gasteiger partial charge on any atom is 0.335 e. The van der Waals surface area contributed by atoms with Crippen molar-refractivity contribution in [1.29, 1.82) is 0 Å². The third-order valence-corrected chi connectivity index (χ3v) is 3.42. The van der Waals surface area contributed by atoms with Gasteiger partial charge in [-0.2, -0.15) is 0 Å². The predicted octanol–water partition coefficient (Wildman–Crippen LogP) is 2.66. The molecule has 0 aliphatic carbocycles. The Kier molecular flexibility index (Phi) is 3.33. The molecule has 0 aromatic heterocycles. The van der Waals surface area contributed by atoms with E-state index < -0.39 is 11.6 Å². The lowest BCUT2D eigenvalue weighted by atomic mass is 9.96. The highest BCUT2D eigenvalue weighted by molar-refractivity contribution is 5.84. The Morgan fingerprint density at radius 1 is 1.29 bits per heavy atom. The molecule has 0 fully saturated rings. The van der Waals surface area contributed by atoms with Gasteiger partial charge in [-0.1, -0.05) is 12.1 Å². The van der Waals surface area contributed by atoms with Gasteiger partial charge in [-0.25, -0.2) is 4.79 Å². The largest absolute Gasteiger partial charge is 0.501 e. The van der Waals surface area contributed by atoms with Crippen molar-refractivity contribution >= 4 is 12.0 Å². The van der Waals surface area contributed by atoms with Crippen LogP contribution < -0.4 is 9.47 Å². The van der Waals surface area contributed by atoms with Crippen molar-refractivity contribution in [3.8, 4) is 11.5 Å². The molecule has 0 saturated heterocycles. The van der Waals surface area contributed by atoms with Crippen LogP contribution in [0.2, 0.25) is 0 Å². The normalized spacial score (nSPS) is 23.9. The molecule has 21 heavy (non-hydrogen) atoms. The number of methoxy groups -OCH3 is 1. The molecule has 2 aliphatic rings. The van der Waals surface area contributed by atoms with E-state index in [1.165, 1.54) is 6.08 Å². The van der Waals surface area contributed by atoms with Gasteiger partial charge >= 0.3 is 5.97 Å². The van der Waals surface area contributed by atoms with Crippen LogP contribution in [0.3, 0.4) is 0 Å². The van der Waals surface area contributed by atoms with Crippen LogP contribution in [0.25, 0.3) is 6.08 Å². The van der Waals surface area contributed by atoms with Gasteiger partial charge in [0.15, 0.2) is 11.5 Å². The number of benzene rings is 1. The highest BCUT2D eigenvalue weighted by atomic mass is 16.7. The molecule has 0 spiro atoms. The summed E-state index contributed by atoms with van der Waals surface area (Å²) in [5, 5.41) is 0. The molecule has 0 radical (unpaired) electrons. The quantitative estimate of drug-likeness (QED) is 0.800. The molecule has 2 heterocycles. The molecule has 5 nitrogen and oxygen atoms in total. The second-order valence-electron chi connectivity index (χ2n) is 5.17. The third kappa shape index (κ3) is 2.86. The summed E-state index contributed by atoms with van der Waals surface area (Å²) in [5.74, 6) is 1.69. The van der Waals surface area contributed by atoms with E-state index in [9.17, 15) is 4.79 Å². The average molecular weight is 288 g/mol. The van der Waals surface area contributed by atoms with Gasteiger partial charge in [0.25, 0.3) is 0 Å². The molecule has 2 aliphatic heterocycles. The van der Waals surface area contributed by atoms with E-state index in [4.69, 9.17) is 18.9 Å². The Hall–Kier alpha value is -2.43. The number of carbonyl (C=O) groups excluding carboxylic acids is 1. The minimum Gasteiger partial charge on any atom is -0.501 e. The first-order chi connectivity index (χ1) is 10.1. The zero-order chi connectivity index (χ0) is 14.9. The SMILES string of the molecule is COC1=CC(=O)OC(C)(/C=C/c2ccc3c(c2)OCO3)C1. The van der Waals surface area contributed by atoms with Crippen LogP contribution in [0.15, 0.2) is 36.1 Å². The highest BCUT2D eigenvalue weighted by Crippen LogP contribution is 2.34. The van der Waals surface area contributed by atoms with Crippen LogP contribution in [0.5, 0.6) is 11.5 Å². The van der Waals surface area contributed by atoms with Crippen molar-refractivity contribution in [2.45, 2.75) is 18.9 Å². The molecule has 1 aromatic carbocycles. The van der Waals surface area contributed by atoms with E-state index >= 15 is 0 Å². The number of fused-ring (bicyclic) bond motifs is 1. The molecule has 5 heteroatoms. The van der Waals surface area contributed by atoms with Crippen molar-refractivity contribution < 1.29 is 23.7 Å². The molecular formula is C16H16O5. The molecule has 0 bridgehead atoms. The van der Waals surface area contributed by atoms with Gasteiger partial charge in [0.1, 0.15) is 11.4 Å². The molecule has 1 atom stereocenters. The third-order valence-electron chi connectivity index (χ3n) is 3.42. The minimum absolute atomic E-state index is 0.250. The molecular weight excluding hydrogens is 272 g/mol. The van der Waals surface area contributed by atoms with Crippen LogP contribution >= 0.6 is 0 Å². The lowest BCUT2D eigenvalue weighted by Crippen LogP contribution is -2.33. The van der Waals surface area contributed by atoms with Gasteiger partial charge in [-0.15, -0.1) is 0 Å². The van der Waals surface area contributed by atoms with Crippen molar-refractivity contribution in [2.75, 3.05) is 13.9 Å². The molecule has 1 unspecified atom stereocenters. The Balaban J connectivity index is 1.79. The fourth-order valence-electron chi connectivity index (χ4n) is 2.34. The van der Waals surface area contributed by atoms with Crippen molar-refractivity contribution in [1.82, 2.24) is 0 Å². The van der Waals surface area contributed by atoms with Gasteiger partial charge in [-0.05, 0) is 30.7 Å². The fraction of sp³-hybridized carbons (Fsp3) is 0.312. The van der Waals surface area contributed by atoms with Gasteiger partial charge in [0.2, 0.25) is 6.79 Å². The first-order valence-electron chi connectivity index (χ1n) is 6.64. The zero-order valence-electron chi connectivity index (χ0n) is 11.9. The Bertz CT molecular complexity index is 632. The Labute approximate surface area is 122 Å². The zero-order valence-corrected chi connectivity index (χ0v) is 11.9. The maximum atomic E-state index is 11.6. The van der Waals surface area contributed by atoms with Crippen LogP contribution in [-0.2, 0) is 14.3 Å². The smallest absolute Gasteiger partial charge is 0.335 e. The number of ether oxygens (including phenoxy) is 4. The first-order valence-corrected chi connectivity index (χ1v) is 6.64. The van der Waals surface area contributed by atoms with Crippen molar-refractivity contribution in [2.24, 2.45) is 0 Å². The highest BCUT2D eigenvalue weighted by Gasteiger charge is 2.31. The molecule has 0 N–H and O–H groups in total. The maximum absolute atomic E-state index is 11.6. The molecule has 110 valence electrons. The second-order valence-corrected chi connectivity index (χ2v) is 5.17. The van der Waals surface area contributed by atoms with Crippen molar-refractivity contribution in [3.63, 3.8) is 0 Å². The summed E-state index contributed by atoms with van der Waals surface area (Å²) in [4.78, 5) is 11.6. The lowest BCUT2D eigenvalue weighted by Gasteiger charge is -2.29. The van der Waals surface area contributed by atoms with Crippen molar-refractivity contribution in [3.05, 3.63) is 41.7 Å². The van der Waals surface area contributed by atoms with Crippen LogP contribution in [0.1, 0.15) is 18.9 Å². The fourth-order valence-corrected chi connectivity index (χ4v) is 2.34. The van der Waals surface area contributed by atoms with E-state index in [0.29, 0.717) is 12.2 Å². The number of hydrogen-bond donors (Lipinski definition) is 0. The molecule has 0 amide bonds. The molecule has 0 saturated carbocycles. The minimum atomic E-state index is -0.715. The summed E-state index contributed by atoms with van der Waals surface area (Å²) in [5.41, 5.74) is 0.234. The summed E-state index contributed by atoms with van der Waals surface area (Å²) in [6, 6.07) is 5.67. The van der Waals surface area contributed by atoms with Crippen LogP contribution in [0.4, 0.5) is 0 Å². The van der Waals surface area contributed by atoms with Gasteiger partial charge < -0.3 is 18.9 Å². The van der Waals surface area contributed by atoms with E-state index in [-0.39, 0.29) is 6.79 Å². The van der Waals surface area contributed by atoms with Gasteiger partial charge in [0.05, 0.1) is 13.2 Å². The van der Waals surface area contributed by atoms with Gasteiger partial charge in [-0.3, -0.25) is 0 Å². The van der Waals surface area contributed by atoms with E-state index in [1.54, 1.807) is 7.11 Å². The number of hydrogen-bond acceptors (Lipinski definition) is 5. The predicted molar refractivity (Wildman–Crippen MR) is 75.8 cm³/mol. The van der Waals surface area contributed by atoms with E-state index in [2.05, 4.69) is 0 Å². The number of carbonyl (C=O) groups is 1. The molecule has 3 rings (SSSR count). The summed E-state index contributed by atoms with van der Waals surface area (Å²) in [6.45, 7) is 2.10. The monoisotopic (exact) mass is 288 g/mol.